The monoisotopic (exact) mass is 198 g/mol. The van der Waals surface area contributed by atoms with Crippen LogP contribution < -0.4 is 5.73 Å². The van der Waals surface area contributed by atoms with Crippen molar-refractivity contribution in [2.75, 3.05) is 19.6 Å². The number of nitrogens with zero attached hydrogens (tertiary/aromatic N) is 1. The summed E-state index contributed by atoms with van der Waals surface area (Å²) in [7, 11) is 0. The number of rotatable bonds is 6. The van der Waals surface area contributed by atoms with E-state index in [-0.39, 0.29) is 0 Å². The molecule has 2 N–H and O–H groups in total. The van der Waals surface area contributed by atoms with Gasteiger partial charge in [0.15, 0.2) is 0 Å². The van der Waals surface area contributed by atoms with Crippen LogP contribution in [-0.2, 0) is 0 Å². The van der Waals surface area contributed by atoms with Crippen LogP contribution in [0.25, 0.3) is 0 Å². The first-order chi connectivity index (χ1) is 6.77. The lowest BCUT2D eigenvalue weighted by atomic mass is 10.1. The first-order valence-electron chi connectivity index (χ1n) is 6.22. The molecule has 0 aromatic rings. The van der Waals surface area contributed by atoms with Gasteiger partial charge in [0.2, 0.25) is 0 Å². The fourth-order valence-corrected chi connectivity index (χ4v) is 2.41. The van der Waals surface area contributed by atoms with Crippen LogP contribution in [0.15, 0.2) is 0 Å². The van der Waals surface area contributed by atoms with Crippen molar-refractivity contribution in [3.05, 3.63) is 0 Å². The SMILES string of the molecule is CCC1CCCN1CCCC(C)CN. The van der Waals surface area contributed by atoms with E-state index in [2.05, 4.69) is 18.7 Å². The average Bonchev–Trinajstić information content (AvgIpc) is 2.65. The molecule has 1 aliphatic heterocycles. The zero-order chi connectivity index (χ0) is 10.4. The molecule has 1 saturated heterocycles. The van der Waals surface area contributed by atoms with E-state index in [0.29, 0.717) is 5.92 Å². The van der Waals surface area contributed by atoms with Crippen molar-refractivity contribution in [2.24, 2.45) is 11.7 Å². The van der Waals surface area contributed by atoms with Gasteiger partial charge in [0, 0.05) is 6.04 Å². The van der Waals surface area contributed by atoms with Gasteiger partial charge >= 0.3 is 0 Å². The predicted molar refractivity (Wildman–Crippen MR) is 62.3 cm³/mol. The Morgan fingerprint density at radius 1 is 1.50 bits per heavy atom. The third-order valence-corrected chi connectivity index (χ3v) is 3.51. The lowest BCUT2D eigenvalue weighted by Crippen LogP contribution is -2.30. The summed E-state index contributed by atoms with van der Waals surface area (Å²) in [5.41, 5.74) is 5.61. The van der Waals surface area contributed by atoms with Gasteiger partial charge in [-0.25, -0.2) is 0 Å². The van der Waals surface area contributed by atoms with Crippen molar-refractivity contribution in [1.29, 1.82) is 0 Å². The summed E-state index contributed by atoms with van der Waals surface area (Å²) in [5.74, 6) is 0.706. The molecule has 1 rings (SSSR count). The summed E-state index contributed by atoms with van der Waals surface area (Å²) in [6, 6.07) is 0.878. The molecule has 0 spiro atoms. The first kappa shape index (κ1) is 12.0. The number of likely N-dealkylation sites (tertiary alicyclic amines) is 1. The van der Waals surface area contributed by atoms with E-state index in [1.54, 1.807) is 0 Å². The fraction of sp³-hybridized carbons (Fsp3) is 1.00. The molecule has 2 unspecified atom stereocenters. The standard InChI is InChI=1S/C12H26N2/c1-3-12-7-5-9-14(12)8-4-6-11(2)10-13/h11-12H,3-10,13H2,1-2H3. The van der Waals surface area contributed by atoms with E-state index in [1.165, 1.54) is 45.2 Å². The summed E-state index contributed by atoms with van der Waals surface area (Å²) in [6.07, 6.45) is 6.78. The Hall–Kier alpha value is -0.0800. The van der Waals surface area contributed by atoms with Gasteiger partial charge in [0.25, 0.3) is 0 Å². The molecule has 2 heteroatoms. The van der Waals surface area contributed by atoms with Crippen LogP contribution in [0, 0.1) is 5.92 Å². The summed E-state index contributed by atoms with van der Waals surface area (Å²) >= 11 is 0. The van der Waals surface area contributed by atoms with Gasteiger partial charge in [-0.05, 0) is 57.7 Å². The summed E-state index contributed by atoms with van der Waals surface area (Å²) < 4.78 is 0. The molecule has 2 nitrogen and oxygen atoms in total. The van der Waals surface area contributed by atoms with Crippen LogP contribution in [-0.4, -0.2) is 30.6 Å². The highest BCUT2D eigenvalue weighted by Gasteiger charge is 2.21. The molecular formula is C12H26N2. The molecule has 2 atom stereocenters. The second kappa shape index (κ2) is 6.41. The Morgan fingerprint density at radius 2 is 2.29 bits per heavy atom. The Bertz CT molecular complexity index is 147. The van der Waals surface area contributed by atoms with Crippen LogP contribution in [0.2, 0.25) is 0 Å². The van der Waals surface area contributed by atoms with E-state index < -0.39 is 0 Å². The van der Waals surface area contributed by atoms with Crippen LogP contribution in [0.4, 0.5) is 0 Å². The van der Waals surface area contributed by atoms with Gasteiger partial charge < -0.3 is 10.6 Å². The zero-order valence-electron chi connectivity index (χ0n) is 9.84. The molecule has 0 radical (unpaired) electrons. The molecule has 0 aliphatic carbocycles. The highest BCUT2D eigenvalue weighted by Crippen LogP contribution is 2.20. The summed E-state index contributed by atoms with van der Waals surface area (Å²) in [4.78, 5) is 2.67. The molecule has 0 bridgehead atoms. The number of hydrogen-bond acceptors (Lipinski definition) is 2. The number of nitrogens with two attached hydrogens (primary N) is 1. The van der Waals surface area contributed by atoms with E-state index in [4.69, 9.17) is 5.73 Å². The Labute approximate surface area is 88.8 Å². The second-order valence-electron chi connectivity index (χ2n) is 4.72. The predicted octanol–water partition coefficient (Wildman–Crippen LogP) is 2.24. The molecule has 1 heterocycles. The first-order valence-corrected chi connectivity index (χ1v) is 6.22. The maximum Gasteiger partial charge on any atom is 0.00931 e. The van der Waals surface area contributed by atoms with Crippen LogP contribution in [0.5, 0.6) is 0 Å². The van der Waals surface area contributed by atoms with Gasteiger partial charge in [0.05, 0.1) is 0 Å². The van der Waals surface area contributed by atoms with E-state index >= 15 is 0 Å². The van der Waals surface area contributed by atoms with Crippen molar-refractivity contribution < 1.29 is 0 Å². The highest BCUT2D eigenvalue weighted by molar-refractivity contribution is 4.77. The average molecular weight is 198 g/mol. The maximum atomic E-state index is 5.61. The molecule has 0 amide bonds. The van der Waals surface area contributed by atoms with Crippen molar-refractivity contribution in [1.82, 2.24) is 4.90 Å². The number of hydrogen-bond donors (Lipinski definition) is 1. The molecule has 14 heavy (non-hydrogen) atoms. The van der Waals surface area contributed by atoms with Gasteiger partial charge in [0.1, 0.15) is 0 Å². The van der Waals surface area contributed by atoms with Crippen molar-refractivity contribution >= 4 is 0 Å². The summed E-state index contributed by atoms with van der Waals surface area (Å²) in [6.45, 7) is 8.03. The lowest BCUT2D eigenvalue weighted by Gasteiger charge is -2.23. The smallest absolute Gasteiger partial charge is 0.00931 e. The van der Waals surface area contributed by atoms with Crippen molar-refractivity contribution in [3.63, 3.8) is 0 Å². The van der Waals surface area contributed by atoms with E-state index in [1.807, 2.05) is 0 Å². The molecule has 1 fully saturated rings. The van der Waals surface area contributed by atoms with Gasteiger partial charge in [-0.15, -0.1) is 0 Å². The summed E-state index contributed by atoms with van der Waals surface area (Å²) in [5, 5.41) is 0. The van der Waals surface area contributed by atoms with Crippen molar-refractivity contribution in [3.8, 4) is 0 Å². The van der Waals surface area contributed by atoms with Crippen LogP contribution in [0.3, 0.4) is 0 Å². The largest absolute Gasteiger partial charge is 0.330 e. The van der Waals surface area contributed by atoms with E-state index in [9.17, 15) is 0 Å². The zero-order valence-corrected chi connectivity index (χ0v) is 9.84. The topological polar surface area (TPSA) is 29.3 Å². The lowest BCUT2D eigenvalue weighted by molar-refractivity contribution is 0.239. The van der Waals surface area contributed by atoms with Crippen LogP contribution in [0.1, 0.15) is 46.0 Å². The van der Waals surface area contributed by atoms with Gasteiger partial charge in [-0.1, -0.05) is 13.8 Å². The van der Waals surface area contributed by atoms with Gasteiger partial charge in [-0.2, -0.15) is 0 Å². The Kier molecular flexibility index (Phi) is 5.49. The normalized spacial score (nSPS) is 25.5. The molecular weight excluding hydrogens is 172 g/mol. The molecule has 84 valence electrons. The van der Waals surface area contributed by atoms with E-state index in [0.717, 1.165) is 12.6 Å². The second-order valence-corrected chi connectivity index (χ2v) is 4.72. The Morgan fingerprint density at radius 3 is 2.93 bits per heavy atom. The van der Waals surface area contributed by atoms with Crippen LogP contribution >= 0.6 is 0 Å². The van der Waals surface area contributed by atoms with Crippen molar-refractivity contribution in [2.45, 2.75) is 52.0 Å². The Balaban J connectivity index is 2.11. The highest BCUT2D eigenvalue weighted by atomic mass is 15.2. The molecule has 0 aromatic carbocycles. The molecule has 1 aliphatic rings. The quantitative estimate of drug-likeness (QED) is 0.709. The third-order valence-electron chi connectivity index (χ3n) is 3.51. The third kappa shape index (κ3) is 3.58. The fourth-order valence-electron chi connectivity index (χ4n) is 2.41. The molecule has 0 saturated carbocycles. The minimum absolute atomic E-state index is 0.706. The minimum atomic E-state index is 0.706. The maximum absolute atomic E-state index is 5.61. The minimum Gasteiger partial charge on any atom is -0.330 e. The van der Waals surface area contributed by atoms with Gasteiger partial charge in [-0.3, -0.25) is 0 Å². The molecule has 0 aromatic heterocycles.